The molecule has 0 saturated heterocycles. The molecule has 0 fully saturated rings. The normalized spacial score (nSPS) is 11.7. The number of rotatable bonds is 6. The molecule has 2 aromatic rings. The van der Waals surface area contributed by atoms with Gasteiger partial charge in [0.1, 0.15) is 0 Å². The van der Waals surface area contributed by atoms with Crippen LogP contribution in [0, 0.1) is 5.41 Å². The van der Waals surface area contributed by atoms with Crippen LogP contribution in [0.5, 0.6) is 0 Å². The fraction of sp³-hybridized carbons (Fsp3) is 0.167. The molecule has 0 bridgehead atoms. The third-order valence-electron chi connectivity index (χ3n) is 4.41. The van der Waals surface area contributed by atoms with Crippen LogP contribution in [0.3, 0.4) is 0 Å². The van der Waals surface area contributed by atoms with Gasteiger partial charge >= 0.3 is 17.9 Å². The van der Waals surface area contributed by atoms with E-state index in [1.807, 2.05) is 0 Å². The summed E-state index contributed by atoms with van der Waals surface area (Å²) in [6.45, 7) is 1.33. The molecule has 0 aliphatic heterocycles. The highest BCUT2D eigenvalue weighted by Gasteiger charge is 2.67. The summed E-state index contributed by atoms with van der Waals surface area (Å²) in [6.07, 6.45) is 0. The molecule has 2 rings (SSSR count). The van der Waals surface area contributed by atoms with Gasteiger partial charge in [-0.3, -0.25) is 14.4 Å². The van der Waals surface area contributed by atoms with E-state index in [1.165, 1.54) is 31.2 Å². The second kappa shape index (κ2) is 6.16. The number of hydrogen-bond acceptors (Lipinski definition) is 3. The first-order valence-electron chi connectivity index (χ1n) is 7.10. The van der Waals surface area contributed by atoms with Crippen molar-refractivity contribution in [3.63, 3.8) is 0 Å². The van der Waals surface area contributed by atoms with E-state index in [9.17, 15) is 29.7 Å². The lowest BCUT2D eigenvalue weighted by Crippen LogP contribution is -2.60. The van der Waals surface area contributed by atoms with Gasteiger partial charge in [0.15, 0.2) is 0 Å². The first-order valence-corrected chi connectivity index (χ1v) is 7.10. The van der Waals surface area contributed by atoms with Gasteiger partial charge in [-0.2, -0.15) is 0 Å². The van der Waals surface area contributed by atoms with Gasteiger partial charge in [-0.05, 0) is 18.1 Å². The van der Waals surface area contributed by atoms with Gasteiger partial charge in [-0.15, -0.1) is 0 Å². The molecule has 2 aromatic carbocycles. The fourth-order valence-corrected chi connectivity index (χ4v) is 3.06. The Balaban J connectivity index is 2.96. The maximum absolute atomic E-state index is 11.9. The van der Waals surface area contributed by atoms with Crippen molar-refractivity contribution in [1.82, 2.24) is 0 Å². The molecule has 3 N–H and O–H groups in total. The van der Waals surface area contributed by atoms with Gasteiger partial charge in [0.25, 0.3) is 5.41 Å². The molecule has 0 aliphatic rings. The van der Waals surface area contributed by atoms with E-state index < -0.39 is 28.7 Å². The third kappa shape index (κ3) is 2.23. The Kier molecular flexibility index (Phi) is 4.41. The van der Waals surface area contributed by atoms with Crippen molar-refractivity contribution < 1.29 is 29.7 Å². The van der Waals surface area contributed by atoms with Crippen LogP contribution in [0.25, 0.3) is 0 Å². The van der Waals surface area contributed by atoms with Gasteiger partial charge < -0.3 is 15.3 Å². The lowest BCUT2D eigenvalue weighted by Gasteiger charge is -2.40. The number of aliphatic carboxylic acids is 3. The highest BCUT2D eigenvalue weighted by molar-refractivity contribution is 6.18. The first-order chi connectivity index (χ1) is 11.3. The molecule has 0 saturated carbocycles. The van der Waals surface area contributed by atoms with Crippen molar-refractivity contribution >= 4 is 17.9 Å². The molecule has 6 heteroatoms. The van der Waals surface area contributed by atoms with Crippen LogP contribution in [-0.4, -0.2) is 33.2 Å². The van der Waals surface area contributed by atoms with Gasteiger partial charge in [0.2, 0.25) is 0 Å². The van der Waals surface area contributed by atoms with E-state index in [4.69, 9.17) is 0 Å². The zero-order chi connectivity index (χ0) is 18.0. The van der Waals surface area contributed by atoms with Crippen LogP contribution in [0.15, 0.2) is 60.7 Å². The molecule has 24 heavy (non-hydrogen) atoms. The summed E-state index contributed by atoms with van der Waals surface area (Å²) in [5, 5.41) is 29.0. The third-order valence-corrected chi connectivity index (χ3v) is 4.41. The summed E-state index contributed by atoms with van der Waals surface area (Å²) < 4.78 is 0. The molecule has 0 radical (unpaired) electrons. The Morgan fingerprint density at radius 1 is 0.667 bits per heavy atom. The SMILES string of the molecule is CC(c1ccccc1)(c1ccccc1)C(C(=O)O)(C(=O)O)C(=O)O. The topological polar surface area (TPSA) is 112 Å². The van der Waals surface area contributed by atoms with E-state index >= 15 is 0 Å². The molecule has 124 valence electrons. The van der Waals surface area contributed by atoms with Crippen molar-refractivity contribution in [3.05, 3.63) is 71.8 Å². The van der Waals surface area contributed by atoms with Gasteiger partial charge in [0, 0.05) is 0 Å². The van der Waals surface area contributed by atoms with Gasteiger partial charge in [-0.25, -0.2) is 0 Å². The lowest BCUT2D eigenvalue weighted by molar-refractivity contribution is -0.180. The van der Waals surface area contributed by atoms with Crippen molar-refractivity contribution in [3.8, 4) is 0 Å². The maximum Gasteiger partial charge on any atom is 0.334 e. The smallest absolute Gasteiger partial charge is 0.334 e. The van der Waals surface area contributed by atoms with Crippen LogP contribution < -0.4 is 0 Å². The van der Waals surface area contributed by atoms with Crippen LogP contribution in [-0.2, 0) is 19.8 Å². The van der Waals surface area contributed by atoms with Crippen molar-refractivity contribution in [2.45, 2.75) is 12.3 Å². The number of carbonyl (C=O) groups is 3. The fourth-order valence-electron chi connectivity index (χ4n) is 3.06. The number of benzene rings is 2. The van der Waals surface area contributed by atoms with Crippen molar-refractivity contribution in [2.75, 3.05) is 0 Å². The van der Waals surface area contributed by atoms with Gasteiger partial charge in [-0.1, -0.05) is 60.7 Å². The standard InChI is InChI=1S/C18H16O6/c1-17(12-8-4-2-5-9-12,13-10-6-3-7-11-13)18(14(19)20,15(21)22)16(23)24/h2-11H,1H3,(H,19,20)(H,21,22)(H,23,24). The largest absolute Gasteiger partial charge is 0.480 e. The minimum absolute atomic E-state index is 0.281. The zero-order valence-corrected chi connectivity index (χ0v) is 12.8. The monoisotopic (exact) mass is 328 g/mol. The predicted molar refractivity (Wildman–Crippen MR) is 84.7 cm³/mol. The maximum atomic E-state index is 11.9. The average molecular weight is 328 g/mol. The molecular formula is C18H16O6. The van der Waals surface area contributed by atoms with E-state index in [2.05, 4.69) is 0 Å². The summed E-state index contributed by atoms with van der Waals surface area (Å²) in [7, 11) is 0. The second-order valence-corrected chi connectivity index (χ2v) is 5.52. The van der Waals surface area contributed by atoms with Crippen LogP contribution in [0.2, 0.25) is 0 Å². The van der Waals surface area contributed by atoms with E-state index in [1.54, 1.807) is 36.4 Å². The summed E-state index contributed by atoms with van der Waals surface area (Å²) in [4.78, 5) is 35.8. The Morgan fingerprint density at radius 3 is 1.21 bits per heavy atom. The highest BCUT2D eigenvalue weighted by atomic mass is 16.4. The zero-order valence-electron chi connectivity index (χ0n) is 12.8. The molecule has 0 heterocycles. The van der Waals surface area contributed by atoms with E-state index in [0.29, 0.717) is 0 Å². The molecule has 0 aromatic heterocycles. The Labute approximate surface area is 138 Å². The molecular weight excluding hydrogens is 312 g/mol. The predicted octanol–water partition coefficient (Wildman–Crippen LogP) is 2.23. The highest BCUT2D eigenvalue weighted by Crippen LogP contribution is 2.48. The van der Waals surface area contributed by atoms with Crippen molar-refractivity contribution in [1.29, 1.82) is 0 Å². The molecule has 6 nitrogen and oxygen atoms in total. The number of hydrogen-bond donors (Lipinski definition) is 3. The first kappa shape index (κ1) is 17.2. The lowest BCUT2D eigenvalue weighted by atomic mass is 9.57. The van der Waals surface area contributed by atoms with Crippen molar-refractivity contribution in [2.24, 2.45) is 5.41 Å². The Morgan fingerprint density at radius 2 is 0.958 bits per heavy atom. The summed E-state index contributed by atoms with van der Waals surface area (Å²) in [5.41, 5.74) is -4.36. The van der Waals surface area contributed by atoms with Crippen LogP contribution >= 0.6 is 0 Å². The minimum Gasteiger partial charge on any atom is -0.480 e. The quantitative estimate of drug-likeness (QED) is 0.701. The minimum atomic E-state index is -3.09. The number of carboxylic acid groups (broad SMARTS) is 3. The van der Waals surface area contributed by atoms with E-state index in [-0.39, 0.29) is 11.1 Å². The Bertz CT molecular complexity index is 691. The second-order valence-electron chi connectivity index (χ2n) is 5.52. The van der Waals surface area contributed by atoms with Gasteiger partial charge in [0.05, 0.1) is 5.41 Å². The van der Waals surface area contributed by atoms with Crippen LogP contribution in [0.4, 0.5) is 0 Å². The molecule has 0 spiro atoms. The average Bonchev–Trinajstić information content (AvgIpc) is 2.55. The van der Waals surface area contributed by atoms with E-state index in [0.717, 1.165) is 0 Å². The molecule has 0 unspecified atom stereocenters. The molecule has 0 atom stereocenters. The molecule has 0 aliphatic carbocycles. The Hall–Kier alpha value is -3.15. The summed E-state index contributed by atoms with van der Waals surface area (Å²) in [5.74, 6) is -5.80. The number of carboxylic acids is 3. The summed E-state index contributed by atoms with van der Waals surface area (Å²) >= 11 is 0. The summed E-state index contributed by atoms with van der Waals surface area (Å²) in [6, 6.07) is 15.9. The molecule has 0 amide bonds. The van der Waals surface area contributed by atoms with Crippen LogP contribution in [0.1, 0.15) is 18.1 Å².